The number of aromatic nitrogens is 1. The van der Waals surface area contributed by atoms with Crippen LogP contribution >= 0.6 is 0 Å². The van der Waals surface area contributed by atoms with Crippen LogP contribution in [0, 0.1) is 12.7 Å². The predicted octanol–water partition coefficient (Wildman–Crippen LogP) is 3.73. The van der Waals surface area contributed by atoms with Crippen LogP contribution < -0.4 is 10.0 Å². The summed E-state index contributed by atoms with van der Waals surface area (Å²) in [5.41, 5.74) is 1.90. The Hall–Kier alpha value is -3.20. The van der Waals surface area contributed by atoms with Gasteiger partial charge in [-0.3, -0.25) is 9.52 Å². The number of benzene rings is 2. The zero-order chi connectivity index (χ0) is 21.0. The quantitative estimate of drug-likeness (QED) is 0.610. The molecule has 3 rings (SSSR count). The molecule has 3 aromatic rings. The lowest BCUT2D eigenvalue weighted by atomic mass is 10.2. The van der Waals surface area contributed by atoms with Crippen molar-refractivity contribution in [2.45, 2.75) is 19.8 Å². The third kappa shape index (κ3) is 5.64. The van der Waals surface area contributed by atoms with E-state index in [1.165, 1.54) is 12.3 Å². The molecule has 0 saturated carbocycles. The Labute approximate surface area is 168 Å². The predicted molar refractivity (Wildman–Crippen MR) is 108 cm³/mol. The summed E-state index contributed by atoms with van der Waals surface area (Å²) in [6.07, 6.45) is 2.82. The summed E-state index contributed by atoms with van der Waals surface area (Å²) < 4.78 is 44.6. The second-order valence-electron chi connectivity index (χ2n) is 6.55. The number of nitrogens with one attached hydrogen (secondary N) is 2. The van der Waals surface area contributed by atoms with Gasteiger partial charge in [0, 0.05) is 18.5 Å². The van der Waals surface area contributed by atoms with Crippen molar-refractivity contribution < 1.29 is 22.0 Å². The van der Waals surface area contributed by atoms with Crippen molar-refractivity contribution in [3.63, 3.8) is 0 Å². The number of oxazole rings is 1. The molecule has 7 nitrogen and oxygen atoms in total. The molecule has 152 valence electrons. The lowest BCUT2D eigenvalue weighted by Crippen LogP contribution is -2.14. The maximum atomic E-state index is 13.8. The van der Waals surface area contributed by atoms with Crippen molar-refractivity contribution in [2.75, 3.05) is 16.3 Å². The van der Waals surface area contributed by atoms with E-state index in [2.05, 4.69) is 15.0 Å². The standard InChI is InChI=1S/C20H20FN3O4S/c1-13-7-8-14(11-17(13)24-29(2,26)27)23-19(25)9-10-20-22-12-18(28-20)15-5-3-4-6-16(15)21/h3-8,11-12,24H,9-10H2,1-2H3,(H,23,25). The summed E-state index contributed by atoms with van der Waals surface area (Å²) in [5.74, 6) is -0.0779. The lowest BCUT2D eigenvalue weighted by molar-refractivity contribution is -0.116. The first-order valence-electron chi connectivity index (χ1n) is 8.79. The molecule has 0 atom stereocenters. The monoisotopic (exact) mass is 417 g/mol. The van der Waals surface area contributed by atoms with Gasteiger partial charge in [-0.2, -0.15) is 0 Å². The van der Waals surface area contributed by atoms with Gasteiger partial charge in [0.25, 0.3) is 0 Å². The third-order valence-electron chi connectivity index (χ3n) is 4.08. The molecule has 1 aromatic heterocycles. The van der Waals surface area contributed by atoms with Gasteiger partial charge in [0.05, 0.1) is 23.7 Å². The molecule has 29 heavy (non-hydrogen) atoms. The van der Waals surface area contributed by atoms with Crippen LogP contribution in [0.2, 0.25) is 0 Å². The van der Waals surface area contributed by atoms with E-state index in [0.29, 0.717) is 28.6 Å². The Morgan fingerprint density at radius 3 is 2.69 bits per heavy atom. The number of sulfonamides is 1. The van der Waals surface area contributed by atoms with Gasteiger partial charge in [0.1, 0.15) is 5.82 Å². The number of carbonyl (C=O) groups excluding carboxylic acids is 1. The van der Waals surface area contributed by atoms with Crippen molar-refractivity contribution in [3.05, 3.63) is 65.9 Å². The Morgan fingerprint density at radius 2 is 1.97 bits per heavy atom. The minimum Gasteiger partial charge on any atom is -0.441 e. The van der Waals surface area contributed by atoms with Crippen LogP contribution in [0.3, 0.4) is 0 Å². The Bertz CT molecular complexity index is 1140. The number of amides is 1. The van der Waals surface area contributed by atoms with Crippen LogP contribution in [0.5, 0.6) is 0 Å². The molecule has 0 spiro atoms. The van der Waals surface area contributed by atoms with Crippen molar-refractivity contribution in [1.82, 2.24) is 4.98 Å². The summed E-state index contributed by atoms with van der Waals surface area (Å²) in [5, 5.41) is 2.71. The maximum absolute atomic E-state index is 13.8. The molecule has 0 radical (unpaired) electrons. The minimum atomic E-state index is -3.42. The maximum Gasteiger partial charge on any atom is 0.229 e. The first-order chi connectivity index (χ1) is 13.7. The number of aryl methyl sites for hydroxylation is 2. The number of nitrogens with zero attached hydrogens (tertiary/aromatic N) is 1. The highest BCUT2D eigenvalue weighted by atomic mass is 32.2. The Morgan fingerprint density at radius 1 is 1.21 bits per heavy atom. The SMILES string of the molecule is Cc1ccc(NC(=O)CCc2ncc(-c3ccccc3F)o2)cc1NS(C)(=O)=O. The molecule has 0 fully saturated rings. The van der Waals surface area contributed by atoms with Crippen LogP contribution in [0.25, 0.3) is 11.3 Å². The highest BCUT2D eigenvalue weighted by Gasteiger charge is 2.13. The highest BCUT2D eigenvalue weighted by Crippen LogP contribution is 2.24. The van der Waals surface area contributed by atoms with E-state index in [1.54, 1.807) is 43.3 Å². The van der Waals surface area contributed by atoms with Gasteiger partial charge in [0.2, 0.25) is 15.9 Å². The molecule has 9 heteroatoms. The van der Waals surface area contributed by atoms with E-state index < -0.39 is 15.8 Å². The van der Waals surface area contributed by atoms with E-state index in [0.717, 1.165) is 11.8 Å². The topological polar surface area (TPSA) is 101 Å². The van der Waals surface area contributed by atoms with Gasteiger partial charge >= 0.3 is 0 Å². The Kier molecular flexibility index (Phi) is 5.97. The first-order valence-corrected chi connectivity index (χ1v) is 10.7. The molecule has 0 aliphatic carbocycles. The van der Waals surface area contributed by atoms with Gasteiger partial charge in [-0.05, 0) is 36.8 Å². The fourth-order valence-electron chi connectivity index (χ4n) is 2.66. The third-order valence-corrected chi connectivity index (χ3v) is 4.67. The number of hydrogen-bond acceptors (Lipinski definition) is 5. The summed E-state index contributed by atoms with van der Waals surface area (Å²) in [6.45, 7) is 1.76. The molecule has 0 saturated heterocycles. The van der Waals surface area contributed by atoms with Crippen molar-refractivity contribution >= 4 is 27.3 Å². The largest absolute Gasteiger partial charge is 0.441 e. The average molecular weight is 417 g/mol. The van der Waals surface area contributed by atoms with Crippen molar-refractivity contribution in [3.8, 4) is 11.3 Å². The summed E-state index contributed by atoms with van der Waals surface area (Å²) >= 11 is 0. The number of halogens is 1. The normalized spacial score (nSPS) is 11.3. The van der Waals surface area contributed by atoms with E-state index in [1.807, 2.05) is 0 Å². The zero-order valence-corrected chi connectivity index (χ0v) is 16.7. The molecule has 0 bridgehead atoms. The van der Waals surface area contributed by atoms with Gasteiger partial charge in [-0.25, -0.2) is 17.8 Å². The van der Waals surface area contributed by atoms with E-state index in [4.69, 9.17) is 4.42 Å². The average Bonchev–Trinajstić information content (AvgIpc) is 3.11. The van der Waals surface area contributed by atoms with Gasteiger partial charge in [0.15, 0.2) is 11.7 Å². The summed E-state index contributed by atoms with van der Waals surface area (Å²) in [6, 6.07) is 11.1. The van der Waals surface area contributed by atoms with Gasteiger partial charge < -0.3 is 9.73 Å². The highest BCUT2D eigenvalue weighted by molar-refractivity contribution is 7.92. The number of anilines is 2. The Balaban J connectivity index is 1.61. The molecule has 0 aliphatic heterocycles. The summed E-state index contributed by atoms with van der Waals surface area (Å²) in [4.78, 5) is 16.3. The molecule has 1 amide bonds. The van der Waals surface area contributed by atoms with Crippen LogP contribution in [0.15, 0.2) is 53.1 Å². The number of carbonyl (C=O) groups is 1. The molecule has 0 aliphatic rings. The number of hydrogen-bond donors (Lipinski definition) is 2. The smallest absolute Gasteiger partial charge is 0.229 e. The van der Waals surface area contributed by atoms with Crippen LogP contribution in [0.4, 0.5) is 15.8 Å². The fourth-order valence-corrected chi connectivity index (χ4v) is 3.28. The lowest BCUT2D eigenvalue weighted by Gasteiger charge is -2.11. The van der Waals surface area contributed by atoms with Crippen molar-refractivity contribution in [1.29, 1.82) is 0 Å². The molecular weight excluding hydrogens is 397 g/mol. The molecular formula is C20H20FN3O4S. The van der Waals surface area contributed by atoms with E-state index in [-0.39, 0.29) is 18.7 Å². The van der Waals surface area contributed by atoms with Crippen LogP contribution in [-0.2, 0) is 21.2 Å². The second-order valence-corrected chi connectivity index (χ2v) is 8.30. The van der Waals surface area contributed by atoms with Crippen molar-refractivity contribution in [2.24, 2.45) is 0 Å². The molecule has 2 aromatic carbocycles. The van der Waals surface area contributed by atoms with Crippen LogP contribution in [0.1, 0.15) is 17.9 Å². The van der Waals surface area contributed by atoms with Crippen LogP contribution in [-0.4, -0.2) is 25.6 Å². The van der Waals surface area contributed by atoms with Gasteiger partial charge in [-0.1, -0.05) is 18.2 Å². The fraction of sp³-hybridized carbons (Fsp3) is 0.200. The molecule has 1 heterocycles. The minimum absolute atomic E-state index is 0.0972. The van der Waals surface area contributed by atoms with E-state index >= 15 is 0 Å². The molecule has 0 unspecified atom stereocenters. The second kappa shape index (κ2) is 8.44. The molecule has 2 N–H and O–H groups in total. The van der Waals surface area contributed by atoms with E-state index in [9.17, 15) is 17.6 Å². The summed E-state index contributed by atoms with van der Waals surface area (Å²) in [7, 11) is -3.42. The van der Waals surface area contributed by atoms with Gasteiger partial charge in [-0.15, -0.1) is 0 Å². The first kappa shape index (κ1) is 20.5. The zero-order valence-electron chi connectivity index (χ0n) is 15.9. The number of rotatable bonds is 7.